The Hall–Kier alpha value is -2.14. The summed E-state index contributed by atoms with van der Waals surface area (Å²) in [5.74, 6) is -0.632. The normalized spacial score (nSPS) is 22.3. The molecule has 2 rings (SSSR count). The van der Waals surface area contributed by atoms with Crippen molar-refractivity contribution in [3.05, 3.63) is 42.0 Å². The summed E-state index contributed by atoms with van der Waals surface area (Å²) in [7, 11) is 0. The molecule has 0 unspecified atom stereocenters. The Kier molecular flexibility index (Phi) is 4.14. The molecule has 1 fully saturated rings. The van der Waals surface area contributed by atoms with Gasteiger partial charge >= 0.3 is 6.09 Å². The fourth-order valence-electron chi connectivity index (χ4n) is 1.98. The van der Waals surface area contributed by atoms with Crippen LogP contribution in [0.25, 0.3) is 6.08 Å². The summed E-state index contributed by atoms with van der Waals surface area (Å²) in [6.45, 7) is 5.17. The summed E-state index contributed by atoms with van der Waals surface area (Å²) < 4.78 is 5.16. The Morgan fingerprint density at radius 3 is 2.48 bits per heavy atom. The van der Waals surface area contributed by atoms with Gasteiger partial charge in [0.05, 0.1) is 6.04 Å². The Balaban J connectivity index is 2.09. The number of rotatable bonds is 2. The summed E-state index contributed by atoms with van der Waals surface area (Å²) in [5.41, 5.74) is 0.235. The largest absolute Gasteiger partial charge is 0.443 e. The maximum Gasteiger partial charge on any atom is 0.417 e. The minimum absolute atomic E-state index is 0.632. The van der Waals surface area contributed by atoms with Crippen molar-refractivity contribution in [3.63, 3.8) is 0 Å². The van der Waals surface area contributed by atoms with Crippen LogP contribution in [0.1, 0.15) is 26.3 Å². The van der Waals surface area contributed by atoms with E-state index in [4.69, 9.17) is 4.74 Å². The molecule has 1 aliphatic rings. The maximum absolute atomic E-state index is 12.0. The molecule has 1 aromatic rings. The Morgan fingerprint density at radius 2 is 1.90 bits per heavy atom. The van der Waals surface area contributed by atoms with Crippen molar-refractivity contribution in [2.45, 2.75) is 38.5 Å². The van der Waals surface area contributed by atoms with Crippen LogP contribution in [0.2, 0.25) is 0 Å². The maximum atomic E-state index is 12.0. The van der Waals surface area contributed by atoms with Gasteiger partial charge in [-0.15, -0.1) is 0 Å². The number of ether oxygens (including phenoxy) is 1. The second kappa shape index (κ2) is 5.69. The van der Waals surface area contributed by atoms with E-state index < -0.39 is 29.7 Å². The van der Waals surface area contributed by atoms with Gasteiger partial charge in [-0.3, -0.25) is 4.79 Å². The van der Waals surface area contributed by atoms with E-state index in [1.807, 2.05) is 30.3 Å². The molecule has 1 aliphatic heterocycles. The van der Waals surface area contributed by atoms with Crippen molar-refractivity contribution in [3.8, 4) is 0 Å². The number of aliphatic hydroxyl groups excluding tert-OH is 1. The third-order valence-corrected chi connectivity index (χ3v) is 2.99. The average molecular weight is 289 g/mol. The van der Waals surface area contributed by atoms with E-state index in [2.05, 4.69) is 0 Å². The molecule has 1 N–H and O–H groups in total. The van der Waals surface area contributed by atoms with Gasteiger partial charge in [0, 0.05) is 0 Å². The van der Waals surface area contributed by atoms with Crippen LogP contribution in [0, 0.1) is 0 Å². The van der Waals surface area contributed by atoms with Crippen LogP contribution in [-0.2, 0) is 9.53 Å². The first-order valence-electron chi connectivity index (χ1n) is 6.77. The lowest BCUT2D eigenvalue weighted by Crippen LogP contribution is -2.66. The molecule has 2 atom stereocenters. The monoisotopic (exact) mass is 289 g/mol. The lowest BCUT2D eigenvalue weighted by Gasteiger charge is -2.41. The van der Waals surface area contributed by atoms with Gasteiger partial charge in [-0.25, -0.2) is 9.69 Å². The zero-order valence-corrected chi connectivity index (χ0v) is 12.3. The van der Waals surface area contributed by atoms with E-state index in [9.17, 15) is 14.7 Å². The van der Waals surface area contributed by atoms with Crippen LogP contribution in [0.4, 0.5) is 4.79 Å². The van der Waals surface area contributed by atoms with Gasteiger partial charge in [-0.1, -0.05) is 42.5 Å². The van der Waals surface area contributed by atoms with Gasteiger partial charge in [-0.2, -0.15) is 0 Å². The molecule has 21 heavy (non-hydrogen) atoms. The smallest absolute Gasteiger partial charge is 0.417 e. The minimum Gasteiger partial charge on any atom is -0.443 e. The summed E-state index contributed by atoms with van der Waals surface area (Å²) in [6, 6.07) is 8.75. The van der Waals surface area contributed by atoms with Crippen molar-refractivity contribution < 1.29 is 19.4 Å². The van der Waals surface area contributed by atoms with Crippen molar-refractivity contribution in [2.75, 3.05) is 0 Å². The van der Waals surface area contributed by atoms with Gasteiger partial charge in [-0.05, 0) is 26.3 Å². The zero-order valence-electron chi connectivity index (χ0n) is 12.3. The predicted molar refractivity (Wildman–Crippen MR) is 78.4 cm³/mol. The number of aliphatic hydroxyl groups is 1. The molecule has 2 amide bonds. The molecule has 1 saturated heterocycles. The highest BCUT2D eigenvalue weighted by atomic mass is 16.6. The highest BCUT2D eigenvalue weighted by molar-refractivity contribution is 6.01. The molecule has 0 bridgehead atoms. The quantitative estimate of drug-likeness (QED) is 0.848. The molecule has 0 aliphatic carbocycles. The van der Waals surface area contributed by atoms with Crippen LogP contribution < -0.4 is 0 Å². The summed E-state index contributed by atoms with van der Waals surface area (Å²) in [4.78, 5) is 24.5. The zero-order chi connectivity index (χ0) is 15.6. The highest BCUT2D eigenvalue weighted by Crippen LogP contribution is 2.25. The molecule has 5 heteroatoms. The van der Waals surface area contributed by atoms with Crippen molar-refractivity contribution >= 4 is 18.1 Å². The van der Waals surface area contributed by atoms with E-state index in [1.165, 1.54) is 0 Å². The minimum atomic E-state index is -1.20. The molecule has 0 aromatic heterocycles. The molecule has 1 heterocycles. The van der Waals surface area contributed by atoms with Gasteiger partial charge in [0.25, 0.3) is 5.91 Å². The molecule has 0 saturated carbocycles. The summed E-state index contributed by atoms with van der Waals surface area (Å²) >= 11 is 0. The fraction of sp³-hybridized carbons (Fsp3) is 0.375. The number of imide groups is 1. The predicted octanol–water partition coefficient (Wildman–Crippen LogP) is 2.21. The van der Waals surface area contributed by atoms with Gasteiger partial charge in [0.1, 0.15) is 5.60 Å². The lowest BCUT2D eigenvalue weighted by molar-refractivity contribution is -0.159. The number of amides is 2. The number of likely N-dealkylation sites (tertiary alicyclic amines) is 1. The topological polar surface area (TPSA) is 66.8 Å². The number of hydrogen-bond acceptors (Lipinski definition) is 4. The molecular formula is C16H19NO4. The number of β-lactam (4-membered cyclic amide) rings is 1. The third-order valence-electron chi connectivity index (χ3n) is 2.99. The van der Waals surface area contributed by atoms with Crippen molar-refractivity contribution in [1.29, 1.82) is 0 Å². The van der Waals surface area contributed by atoms with E-state index in [0.29, 0.717) is 0 Å². The second-order valence-electron chi connectivity index (χ2n) is 5.89. The van der Waals surface area contributed by atoms with Crippen LogP contribution in [0.5, 0.6) is 0 Å². The van der Waals surface area contributed by atoms with Gasteiger partial charge in [0.15, 0.2) is 6.10 Å². The number of carbonyl (C=O) groups excluding carboxylic acids is 2. The molecule has 0 radical (unpaired) electrons. The Morgan fingerprint density at radius 1 is 1.29 bits per heavy atom. The van der Waals surface area contributed by atoms with Gasteiger partial charge in [0.2, 0.25) is 0 Å². The number of hydrogen-bond donors (Lipinski definition) is 1. The summed E-state index contributed by atoms with van der Waals surface area (Å²) in [5, 5.41) is 9.72. The van der Waals surface area contributed by atoms with Crippen molar-refractivity contribution in [2.24, 2.45) is 0 Å². The lowest BCUT2D eigenvalue weighted by atomic mass is 9.97. The van der Waals surface area contributed by atoms with E-state index in [0.717, 1.165) is 10.5 Å². The SMILES string of the molecule is CC(C)(C)OC(=O)N1C(=O)[C@H](O)[C@@H]1C=Cc1ccccc1. The third kappa shape index (κ3) is 3.49. The van der Waals surface area contributed by atoms with Crippen LogP contribution in [0.3, 0.4) is 0 Å². The van der Waals surface area contributed by atoms with Crippen LogP contribution in [0.15, 0.2) is 36.4 Å². The van der Waals surface area contributed by atoms with Gasteiger partial charge < -0.3 is 9.84 Å². The number of benzene rings is 1. The highest BCUT2D eigenvalue weighted by Gasteiger charge is 2.50. The van der Waals surface area contributed by atoms with E-state index in [1.54, 1.807) is 32.9 Å². The first kappa shape index (κ1) is 15.3. The fourth-order valence-corrected chi connectivity index (χ4v) is 1.98. The summed E-state index contributed by atoms with van der Waals surface area (Å²) in [6.07, 6.45) is 1.46. The Bertz CT molecular complexity index is 559. The van der Waals surface area contributed by atoms with E-state index in [-0.39, 0.29) is 0 Å². The van der Waals surface area contributed by atoms with Crippen LogP contribution >= 0.6 is 0 Å². The van der Waals surface area contributed by atoms with Crippen LogP contribution in [-0.4, -0.2) is 39.8 Å². The number of nitrogens with zero attached hydrogens (tertiary/aromatic N) is 1. The number of carbonyl (C=O) groups is 2. The average Bonchev–Trinajstić information content (AvgIpc) is 2.41. The Labute approximate surface area is 123 Å². The van der Waals surface area contributed by atoms with E-state index >= 15 is 0 Å². The molecule has 5 nitrogen and oxygen atoms in total. The molecule has 1 aromatic carbocycles. The van der Waals surface area contributed by atoms with Crippen molar-refractivity contribution in [1.82, 2.24) is 4.90 Å². The molecule has 112 valence electrons. The second-order valence-corrected chi connectivity index (χ2v) is 5.89. The molecular weight excluding hydrogens is 270 g/mol. The first-order valence-corrected chi connectivity index (χ1v) is 6.77. The molecule has 0 spiro atoms. The standard InChI is InChI=1S/C16H19NO4/c1-16(2,3)21-15(20)17-12(13(18)14(17)19)10-9-11-7-5-4-6-8-11/h4-10,12-13,18H,1-3H3/t12-,13+/m0/s1. The first-order chi connectivity index (χ1) is 9.79.